The Hall–Kier alpha value is -2.11. The molecule has 120 valence electrons. The fourth-order valence-corrected chi connectivity index (χ4v) is 2.68. The number of carbonyl (C=O) groups is 2. The highest BCUT2D eigenvalue weighted by Crippen LogP contribution is 2.34. The van der Waals surface area contributed by atoms with Gasteiger partial charge in [0.2, 0.25) is 0 Å². The normalized spacial score (nSPS) is 21.7. The average molecular weight is 309 g/mol. The molecule has 1 N–H and O–H groups in total. The highest BCUT2D eigenvalue weighted by atomic mass is 19.1. The van der Waals surface area contributed by atoms with E-state index in [0.717, 1.165) is 0 Å². The van der Waals surface area contributed by atoms with Crippen molar-refractivity contribution in [1.29, 1.82) is 0 Å². The summed E-state index contributed by atoms with van der Waals surface area (Å²) in [4.78, 5) is 25.0. The minimum atomic E-state index is -1.09. The lowest BCUT2D eigenvalue weighted by atomic mass is 9.92. The van der Waals surface area contributed by atoms with Gasteiger partial charge in [-0.15, -0.1) is 0 Å². The summed E-state index contributed by atoms with van der Waals surface area (Å²) in [5.41, 5.74) is 0.0218. The number of nitrogens with zero attached hydrogens (tertiary/aromatic N) is 1. The van der Waals surface area contributed by atoms with Crippen molar-refractivity contribution in [1.82, 2.24) is 4.90 Å². The highest BCUT2D eigenvalue weighted by molar-refractivity contribution is 5.82. The number of carboxylic acids is 1. The minimum Gasteiger partial charge on any atom is -0.480 e. The number of halogens is 1. The minimum absolute atomic E-state index is 0.300. The first-order chi connectivity index (χ1) is 10.2. The van der Waals surface area contributed by atoms with Gasteiger partial charge < -0.3 is 9.84 Å². The molecule has 1 fully saturated rings. The molecule has 2 rings (SSSR count). The number of ether oxygens (including phenoxy) is 1. The SMILES string of the molecule is CC(C)(C)OC(=O)N1CC[C@H](c2ccc(F)cc2)C1C(=O)O. The first-order valence-corrected chi connectivity index (χ1v) is 7.17. The maximum absolute atomic E-state index is 13.0. The van der Waals surface area contributed by atoms with Crippen LogP contribution in [0.15, 0.2) is 24.3 Å². The van der Waals surface area contributed by atoms with Gasteiger partial charge in [-0.25, -0.2) is 14.0 Å². The second-order valence-electron chi connectivity index (χ2n) is 6.40. The first-order valence-electron chi connectivity index (χ1n) is 7.17. The topological polar surface area (TPSA) is 66.8 Å². The predicted octanol–water partition coefficient (Wildman–Crippen LogP) is 3.00. The molecule has 0 aromatic heterocycles. The van der Waals surface area contributed by atoms with Gasteiger partial charge in [0.05, 0.1) is 0 Å². The molecular weight excluding hydrogens is 289 g/mol. The third-order valence-electron chi connectivity index (χ3n) is 3.58. The summed E-state index contributed by atoms with van der Waals surface area (Å²) >= 11 is 0. The van der Waals surface area contributed by atoms with Crippen LogP contribution in [0.3, 0.4) is 0 Å². The lowest BCUT2D eigenvalue weighted by Crippen LogP contribution is -2.45. The number of amides is 1. The molecule has 1 aromatic carbocycles. The zero-order valence-corrected chi connectivity index (χ0v) is 12.9. The second-order valence-corrected chi connectivity index (χ2v) is 6.40. The Morgan fingerprint density at radius 1 is 1.27 bits per heavy atom. The Labute approximate surface area is 128 Å². The number of likely N-dealkylation sites (tertiary alicyclic amines) is 1. The van der Waals surface area contributed by atoms with Crippen LogP contribution in [0.1, 0.15) is 38.7 Å². The molecule has 1 aliphatic rings. The quantitative estimate of drug-likeness (QED) is 0.912. The Morgan fingerprint density at radius 2 is 1.86 bits per heavy atom. The van der Waals surface area contributed by atoms with Crippen LogP contribution in [0.5, 0.6) is 0 Å². The number of hydrogen-bond acceptors (Lipinski definition) is 3. The molecule has 1 heterocycles. The van der Waals surface area contributed by atoms with E-state index in [1.54, 1.807) is 32.9 Å². The summed E-state index contributed by atoms with van der Waals surface area (Å²) in [6.45, 7) is 5.49. The summed E-state index contributed by atoms with van der Waals surface area (Å²) in [6, 6.07) is 4.72. The maximum Gasteiger partial charge on any atom is 0.411 e. The maximum atomic E-state index is 13.0. The monoisotopic (exact) mass is 309 g/mol. The van der Waals surface area contributed by atoms with Gasteiger partial charge in [0, 0.05) is 12.5 Å². The number of carbonyl (C=O) groups excluding carboxylic acids is 1. The van der Waals surface area contributed by atoms with E-state index in [1.807, 2.05) is 0 Å². The van der Waals surface area contributed by atoms with Crippen LogP contribution in [0.25, 0.3) is 0 Å². The van der Waals surface area contributed by atoms with Crippen LogP contribution in [0.4, 0.5) is 9.18 Å². The molecule has 1 amide bonds. The van der Waals surface area contributed by atoms with Gasteiger partial charge in [0.1, 0.15) is 17.5 Å². The lowest BCUT2D eigenvalue weighted by molar-refractivity contribution is -0.142. The van der Waals surface area contributed by atoms with Crippen LogP contribution in [-0.2, 0) is 9.53 Å². The molecule has 22 heavy (non-hydrogen) atoms. The van der Waals surface area contributed by atoms with Crippen LogP contribution in [0, 0.1) is 5.82 Å². The highest BCUT2D eigenvalue weighted by Gasteiger charge is 2.44. The van der Waals surface area contributed by atoms with Gasteiger partial charge in [0.25, 0.3) is 0 Å². The molecule has 0 bridgehead atoms. The van der Waals surface area contributed by atoms with Gasteiger partial charge in [-0.2, -0.15) is 0 Å². The van der Waals surface area contributed by atoms with Crippen molar-refractivity contribution in [2.24, 2.45) is 0 Å². The summed E-state index contributed by atoms with van der Waals surface area (Å²) in [6.07, 6.45) is -0.133. The average Bonchev–Trinajstić information content (AvgIpc) is 2.82. The number of rotatable bonds is 2. The Bertz CT molecular complexity index is 565. The largest absolute Gasteiger partial charge is 0.480 e. The fraction of sp³-hybridized carbons (Fsp3) is 0.500. The molecule has 1 aromatic rings. The number of aliphatic carboxylic acids is 1. The molecule has 1 unspecified atom stereocenters. The van der Waals surface area contributed by atoms with Gasteiger partial charge in [-0.1, -0.05) is 12.1 Å². The van der Waals surface area contributed by atoms with Crippen molar-refractivity contribution < 1.29 is 23.8 Å². The Morgan fingerprint density at radius 3 is 2.36 bits per heavy atom. The molecule has 1 saturated heterocycles. The smallest absolute Gasteiger partial charge is 0.411 e. The first kappa shape index (κ1) is 16.3. The third-order valence-corrected chi connectivity index (χ3v) is 3.58. The molecule has 0 radical (unpaired) electrons. The lowest BCUT2D eigenvalue weighted by Gasteiger charge is -2.28. The fourth-order valence-electron chi connectivity index (χ4n) is 2.68. The van der Waals surface area contributed by atoms with Gasteiger partial charge in [-0.05, 0) is 44.9 Å². The number of benzene rings is 1. The van der Waals surface area contributed by atoms with E-state index in [4.69, 9.17) is 4.74 Å². The molecule has 0 saturated carbocycles. The van der Waals surface area contributed by atoms with E-state index in [0.29, 0.717) is 18.5 Å². The van der Waals surface area contributed by atoms with E-state index in [2.05, 4.69) is 0 Å². The van der Waals surface area contributed by atoms with Gasteiger partial charge >= 0.3 is 12.1 Å². The summed E-state index contributed by atoms with van der Waals surface area (Å²) in [7, 11) is 0. The van der Waals surface area contributed by atoms with Crippen molar-refractivity contribution in [3.8, 4) is 0 Å². The van der Waals surface area contributed by atoms with Crippen LogP contribution in [0.2, 0.25) is 0 Å². The van der Waals surface area contributed by atoms with E-state index in [-0.39, 0.29) is 11.7 Å². The zero-order valence-electron chi connectivity index (χ0n) is 12.9. The van der Waals surface area contributed by atoms with Crippen LogP contribution >= 0.6 is 0 Å². The summed E-state index contributed by atoms with van der Waals surface area (Å²) in [5, 5.41) is 9.49. The van der Waals surface area contributed by atoms with Gasteiger partial charge in [-0.3, -0.25) is 4.90 Å². The number of hydrogen-bond donors (Lipinski definition) is 1. The molecule has 0 spiro atoms. The molecule has 6 heteroatoms. The molecular formula is C16H20FNO4. The van der Waals surface area contributed by atoms with E-state index in [9.17, 15) is 19.1 Å². The standard InChI is InChI=1S/C16H20FNO4/c1-16(2,3)22-15(21)18-9-8-12(13(18)14(19)20)10-4-6-11(17)7-5-10/h4-7,12-13H,8-9H2,1-3H3,(H,19,20)/t12-,13?/m1/s1. The molecule has 0 aliphatic carbocycles. The third kappa shape index (κ3) is 3.55. The van der Waals surface area contributed by atoms with Crippen molar-refractivity contribution in [2.75, 3.05) is 6.54 Å². The van der Waals surface area contributed by atoms with Gasteiger partial charge in [0.15, 0.2) is 0 Å². The van der Waals surface area contributed by atoms with Crippen LogP contribution < -0.4 is 0 Å². The summed E-state index contributed by atoms with van der Waals surface area (Å²) < 4.78 is 18.3. The second kappa shape index (κ2) is 5.94. The van der Waals surface area contributed by atoms with Crippen molar-refractivity contribution in [2.45, 2.75) is 44.8 Å². The Kier molecular flexibility index (Phi) is 4.39. The van der Waals surface area contributed by atoms with Crippen molar-refractivity contribution in [3.63, 3.8) is 0 Å². The van der Waals surface area contributed by atoms with Crippen LogP contribution in [-0.4, -0.2) is 40.3 Å². The van der Waals surface area contributed by atoms with Crippen molar-refractivity contribution >= 4 is 12.1 Å². The zero-order chi connectivity index (χ0) is 16.5. The Balaban J connectivity index is 2.23. The number of carboxylic acid groups (broad SMARTS) is 1. The molecule has 1 aliphatic heterocycles. The summed E-state index contributed by atoms with van der Waals surface area (Å²) in [5.74, 6) is -1.83. The molecule has 2 atom stereocenters. The van der Waals surface area contributed by atoms with E-state index < -0.39 is 23.7 Å². The molecule has 5 nitrogen and oxygen atoms in total. The van der Waals surface area contributed by atoms with E-state index >= 15 is 0 Å². The van der Waals surface area contributed by atoms with E-state index in [1.165, 1.54) is 17.0 Å². The predicted molar refractivity (Wildman–Crippen MR) is 78.1 cm³/mol. The van der Waals surface area contributed by atoms with Crippen molar-refractivity contribution in [3.05, 3.63) is 35.6 Å².